The molecule has 0 aliphatic carbocycles. The zero-order valence-electron chi connectivity index (χ0n) is 24.2. The van der Waals surface area contributed by atoms with E-state index >= 15 is 0 Å². The van der Waals surface area contributed by atoms with E-state index in [9.17, 15) is 14.4 Å². The van der Waals surface area contributed by atoms with Crippen molar-refractivity contribution in [1.82, 2.24) is 9.55 Å². The number of hydrogen-bond donors (Lipinski definition) is 1. The lowest BCUT2D eigenvalue weighted by Crippen LogP contribution is -2.34. The molecule has 7 nitrogen and oxygen atoms in total. The lowest BCUT2D eigenvalue weighted by molar-refractivity contribution is -0.157. The molecule has 2 heterocycles. The van der Waals surface area contributed by atoms with Gasteiger partial charge in [0.2, 0.25) is 0 Å². The van der Waals surface area contributed by atoms with Crippen LogP contribution in [0.3, 0.4) is 0 Å². The molecule has 1 N–H and O–H groups in total. The lowest BCUT2D eigenvalue weighted by atomic mass is 9.88. The number of fused-ring (bicyclic) bond motifs is 2. The van der Waals surface area contributed by atoms with Crippen molar-refractivity contribution in [2.45, 2.75) is 45.9 Å². The number of carbonyl (C=O) groups is 1. The molecule has 2 atom stereocenters. The van der Waals surface area contributed by atoms with E-state index in [1.54, 1.807) is 20.8 Å². The molecule has 0 unspecified atom stereocenters. The van der Waals surface area contributed by atoms with E-state index in [1.165, 1.54) is 32.3 Å². The number of carbonyl (C=O) groups excluding carboxylic acids is 1. The third-order valence-electron chi connectivity index (χ3n) is 8.23. The first-order valence-corrected chi connectivity index (χ1v) is 14.5. The predicted molar refractivity (Wildman–Crippen MR) is 169 cm³/mol. The molecule has 0 radical (unpaired) electrons. The fourth-order valence-corrected chi connectivity index (χ4v) is 6.08. The van der Waals surface area contributed by atoms with Crippen LogP contribution >= 0.6 is 0 Å². The molecule has 1 aliphatic rings. The van der Waals surface area contributed by atoms with E-state index in [0.29, 0.717) is 12.8 Å². The summed E-state index contributed by atoms with van der Waals surface area (Å²) < 4.78 is 12.8. The number of rotatable bonds is 3. The number of aromatic amines is 1. The van der Waals surface area contributed by atoms with Gasteiger partial charge in [0, 0.05) is 11.8 Å². The first-order chi connectivity index (χ1) is 20.7. The normalized spacial score (nSPS) is 17.1. The third-order valence-corrected chi connectivity index (χ3v) is 8.23. The van der Waals surface area contributed by atoms with Crippen LogP contribution in [-0.2, 0) is 14.3 Å². The van der Waals surface area contributed by atoms with Gasteiger partial charge in [0.1, 0.15) is 18.4 Å². The fourth-order valence-electron chi connectivity index (χ4n) is 6.08. The molecule has 1 saturated heterocycles. The van der Waals surface area contributed by atoms with Crippen molar-refractivity contribution in [3.05, 3.63) is 105 Å². The molecular formula is C36H30N2O5. The van der Waals surface area contributed by atoms with Gasteiger partial charge in [-0.05, 0) is 82.8 Å². The number of aromatic nitrogens is 2. The Morgan fingerprint density at radius 3 is 2.21 bits per heavy atom. The zero-order chi connectivity index (χ0) is 29.9. The largest absolute Gasteiger partial charge is 0.463 e. The highest BCUT2D eigenvalue weighted by atomic mass is 16.6. The Morgan fingerprint density at radius 1 is 0.860 bits per heavy atom. The molecule has 1 fully saturated rings. The maximum absolute atomic E-state index is 12.8. The molecule has 1 aromatic heterocycles. The molecule has 1 aliphatic heterocycles. The van der Waals surface area contributed by atoms with Gasteiger partial charge in [-0.2, -0.15) is 0 Å². The summed E-state index contributed by atoms with van der Waals surface area (Å²) in [5, 5.41) is 9.31. The average molecular weight is 571 g/mol. The summed E-state index contributed by atoms with van der Waals surface area (Å²) in [7, 11) is 0. The molecule has 6 aromatic rings. The highest BCUT2D eigenvalue weighted by Crippen LogP contribution is 2.40. The summed E-state index contributed by atoms with van der Waals surface area (Å²) in [5.41, 5.74) is -0.763. The summed E-state index contributed by atoms with van der Waals surface area (Å²) >= 11 is 0. The van der Waals surface area contributed by atoms with E-state index in [-0.39, 0.29) is 24.2 Å². The molecule has 43 heavy (non-hydrogen) atoms. The van der Waals surface area contributed by atoms with Crippen LogP contribution in [0.2, 0.25) is 0 Å². The predicted octanol–water partition coefficient (Wildman–Crippen LogP) is 6.25. The van der Waals surface area contributed by atoms with E-state index in [1.807, 2.05) is 12.1 Å². The minimum absolute atomic E-state index is 0.113. The first kappa shape index (κ1) is 26.9. The molecule has 7 heteroatoms. The van der Waals surface area contributed by atoms with E-state index in [0.717, 1.165) is 27.1 Å². The smallest absolute Gasteiger partial charge is 0.330 e. The van der Waals surface area contributed by atoms with Gasteiger partial charge in [0.25, 0.3) is 5.56 Å². The monoisotopic (exact) mass is 570 g/mol. The summed E-state index contributed by atoms with van der Waals surface area (Å²) in [5.74, 6) is 5.91. The Balaban J connectivity index is 1.24. The van der Waals surface area contributed by atoms with E-state index in [4.69, 9.17) is 9.47 Å². The molecule has 7 rings (SSSR count). The Hall–Kier alpha value is -4.93. The van der Waals surface area contributed by atoms with Crippen molar-refractivity contribution in [3.63, 3.8) is 0 Å². The Bertz CT molecular complexity index is 2190. The highest BCUT2D eigenvalue weighted by molar-refractivity contribution is 6.33. The summed E-state index contributed by atoms with van der Waals surface area (Å²) in [4.78, 5) is 40.0. The summed E-state index contributed by atoms with van der Waals surface area (Å²) in [6.07, 6.45) is 1.70. The van der Waals surface area contributed by atoms with Crippen LogP contribution in [0, 0.1) is 17.3 Å². The lowest BCUT2D eigenvalue weighted by Gasteiger charge is -2.19. The van der Waals surface area contributed by atoms with Gasteiger partial charge in [0.15, 0.2) is 0 Å². The van der Waals surface area contributed by atoms with Gasteiger partial charge in [-0.15, -0.1) is 0 Å². The summed E-state index contributed by atoms with van der Waals surface area (Å²) in [6, 6.07) is 23.1. The van der Waals surface area contributed by atoms with E-state index in [2.05, 4.69) is 71.4 Å². The second-order valence-electron chi connectivity index (χ2n) is 12.2. The maximum atomic E-state index is 12.8. The van der Waals surface area contributed by atoms with Crippen LogP contribution in [0.4, 0.5) is 0 Å². The van der Waals surface area contributed by atoms with Crippen LogP contribution in [0.25, 0.3) is 43.1 Å². The Morgan fingerprint density at radius 2 is 1.49 bits per heavy atom. The number of hydrogen-bond acceptors (Lipinski definition) is 5. The average Bonchev–Trinajstić information content (AvgIpc) is 3.46. The van der Waals surface area contributed by atoms with Crippen molar-refractivity contribution < 1.29 is 14.3 Å². The topological polar surface area (TPSA) is 90.4 Å². The molecule has 0 amide bonds. The van der Waals surface area contributed by atoms with Gasteiger partial charge in [-0.25, -0.2) is 4.79 Å². The molecule has 0 bridgehead atoms. The molecule has 214 valence electrons. The Kier molecular flexibility index (Phi) is 6.33. The van der Waals surface area contributed by atoms with Gasteiger partial charge < -0.3 is 9.47 Å². The van der Waals surface area contributed by atoms with Crippen molar-refractivity contribution in [2.24, 2.45) is 5.41 Å². The Labute approximate surface area is 247 Å². The van der Waals surface area contributed by atoms with Gasteiger partial charge in [-0.1, -0.05) is 72.5 Å². The highest BCUT2D eigenvalue weighted by Gasteiger charge is 2.30. The van der Waals surface area contributed by atoms with Crippen LogP contribution in [0.5, 0.6) is 0 Å². The molecular weight excluding hydrogens is 540 g/mol. The third kappa shape index (κ3) is 4.65. The number of ether oxygens (including phenoxy) is 2. The van der Waals surface area contributed by atoms with Crippen LogP contribution in [0.1, 0.15) is 51.0 Å². The van der Waals surface area contributed by atoms with Crippen molar-refractivity contribution in [2.75, 3.05) is 6.61 Å². The van der Waals surface area contributed by atoms with Gasteiger partial charge in [0.05, 0.1) is 11.5 Å². The van der Waals surface area contributed by atoms with Crippen LogP contribution in [-0.4, -0.2) is 28.2 Å². The van der Waals surface area contributed by atoms with Crippen LogP contribution in [0.15, 0.2) is 82.5 Å². The standard InChI is InChI=1S/C36H30N2O5/c1-36(2,3)34(40)42-20-24-16-18-30(43-24)38-19-23(33(39)37-35(38)41)14-13-21-15-17-29-27-11-5-8-22-7-4-10-26(31(22)27)28-12-6-9-25(21)32(28)29/h4-12,15,17,19,24,30H,16,18,20H2,1-3H3,(H,37,39,41)/t24-,30+/m0/s1. The number of esters is 1. The van der Waals surface area contributed by atoms with Crippen molar-refractivity contribution in [3.8, 4) is 11.8 Å². The van der Waals surface area contributed by atoms with Gasteiger partial charge in [-0.3, -0.25) is 19.1 Å². The number of nitrogens with zero attached hydrogens (tertiary/aromatic N) is 1. The zero-order valence-corrected chi connectivity index (χ0v) is 24.2. The second kappa shape index (κ2) is 10.1. The first-order valence-electron chi connectivity index (χ1n) is 14.5. The second-order valence-corrected chi connectivity index (χ2v) is 12.2. The molecule has 0 spiro atoms. The minimum atomic E-state index is -0.607. The number of nitrogens with one attached hydrogen (secondary N) is 1. The van der Waals surface area contributed by atoms with E-state index < -0.39 is 22.9 Å². The summed E-state index contributed by atoms with van der Waals surface area (Å²) in [6.45, 7) is 5.49. The van der Waals surface area contributed by atoms with Crippen LogP contribution < -0.4 is 11.2 Å². The van der Waals surface area contributed by atoms with Crippen molar-refractivity contribution in [1.29, 1.82) is 0 Å². The van der Waals surface area contributed by atoms with Crippen molar-refractivity contribution >= 4 is 49.1 Å². The minimum Gasteiger partial charge on any atom is -0.463 e. The number of benzene rings is 5. The SMILES string of the molecule is CC(C)(C)C(=O)OC[C@@H]1CC[C@H](n2cc(C#Cc3ccc4c5cccc6cccc(c7cccc3c74)c65)c(=O)[nH]c2=O)O1. The molecule has 5 aromatic carbocycles. The van der Waals surface area contributed by atoms with Gasteiger partial charge >= 0.3 is 11.7 Å². The molecule has 0 saturated carbocycles. The quantitative estimate of drug-likeness (QED) is 0.118. The maximum Gasteiger partial charge on any atom is 0.330 e. The number of H-pyrrole nitrogens is 1. The fraction of sp³-hybridized carbons (Fsp3) is 0.250.